The molecular formula is C10H12N4O. The highest BCUT2D eigenvalue weighted by Crippen LogP contribution is 2.43. The molecule has 1 aromatic heterocycles. The first kappa shape index (κ1) is 8.64. The maximum absolute atomic E-state index is 11.2. The number of fused-ring (bicyclic) bond motifs is 1. The Morgan fingerprint density at radius 2 is 2.47 bits per heavy atom. The van der Waals surface area contributed by atoms with E-state index in [9.17, 15) is 4.79 Å². The third-order valence-electron chi connectivity index (χ3n) is 3.02. The van der Waals surface area contributed by atoms with Crippen LogP contribution < -0.4 is 5.43 Å². The van der Waals surface area contributed by atoms with Gasteiger partial charge in [-0.2, -0.15) is 10.2 Å². The van der Waals surface area contributed by atoms with Crippen molar-refractivity contribution in [3.8, 4) is 0 Å². The first-order valence-corrected chi connectivity index (χ1v) is 5.20. The first-order chi connectivity index (χ1) is 7.29. The fourth-order valence-electron chi connectivity index (χ4n) is 2.02. The SMILES string of the molecule is CCn1cc(C2=NNC(=O)[C@H]3C[C@@H]23)cn1. The molecule has 5 nitrogen and oxygen atoms in total. The highest BCUT2D eigenvalue weighted by Gasteiger charge is 2.49. The van der Waals surface area contributed by atoms with Gasteiger partial charge in [0.1, 0.15) is 0 Å². The van der Waals surface area contributed by atoms with Crippen LogP contribution in [0.1, 0.15) is 18.9 Å². The summed E-state index contributed by atoms with van der Waals surface area (Å²) in [6, 6.07) is 0. The predicted octanol–water partition coefficient (Wildman–Crippen LogP) is 0.373. The molecule has 1 saturated carbocycles. The van der Waals surface area contributed by atoms with E-state index in [0.717, 1.165) is 24.2 Å². The molecule has 1 aromatic rings. The molecule has 0 aromatic carbocycles. The molecule has 1 fully saturated rings. The molecule has 0 spiro atoms. The van der Waals surface area contributed by atoms with Gasteiger partial charge in [0.15, 0.2) is 0 Å². The van der Waals surface area contributed by atoms with Gasteiger partial charge in [0.25, 0.3) is 0 Å². The zero-order valence-corrected chi connectivity index (χ0v) is 8.47. The Bertz CT molecular complexity index is 448. The molecule has 15 heavy (non-hydrogen) atoms. The van der Waals surface area contributed by atoms with Crippen molar-refractivity contribution in [3.63, 3.8) is 0 Å². The lowest BCUT2D eigenvalue weighted by Crippen LogP contribution is -2.28. The largest absolute Gasteiger partial charge is 0.273 e. The second-order valence-electron chi connectivity index (χ2n) is 4.01. The number of carbonyl (C=O) groups excluding carboxylic acids is 1. The Morgan fingerprint density at radius 1 is 1.60 bits per heavy atom. The van der Waals surface area contributed by atoms with E-state index in [1.54, 1.807) is 0 Å². The van der Waals surface area contributed by atoms with Crippen LogP contribution in [0.5, 0.6) is 0 Å². The minimum absolute atomic E-state index is 0.0617. The maximum Gasteiger partial charge on any atom is 0.243 e. The lowest BCUT2D eigenvalue weighted by atomic mass is 10.1. The lowest BCUT2D eigenvalue weighted by molar-refractivity contribution is -0.122. The van der Waals surface area contributed by atoms with Crippen LogP contribution >= 0.6 is 0 Å². The lowest BCUT2D eigenvalue weighted by Gasteiger charge is -2.09. The Hall–Kier alpha value is -1.65. The molecular weight excluding hydrogens is 192 g/mol. The van der Waals surface area contributed by atoms with Crippen molar-refractivity contribution in [2.75, 3.05) is 0 Å². The monoisotopic (exact) mass is 204 g/mol. The molecule has 2 atom stereocenters. The minimum atomic E-state index is 0.0617. The van der Waals surface area contributed by atoms with Crippen LogP contribution in [-0.2, 0) is 11.3 Å². The number of amides is 1. The molecule has 1 aliphatic heterocycles. The van der Waals surface area contributed by atoms with E-state index >= 15 is 0 Å². The summed E-state index contributed by atoms with van der Waals surface area (Å²) in [5.74, 6) is 0.544. The van der Waals surface area contributed by atoms with Crippen LogP contribution in [0.15, 0.2) is 17.5 Å². The van der Waals surface area contributed by atoms with E-state index in [2.05, 4.69) is 15.6 Å². The van der Waals surface area contributed by atoms with Crippen molar-refractivity contribution in [2.24, 2.45) is 16.9 Å². The average Bonchev–Trinajstić information content (AvgIpc) is 2.91. The molecule has 2 aliphatic rings. The number of aromatic nitrogens is 2. The van der Waals surface area contributed by atoms with Crippen LogP contribution in [0.3, 0.4) is 0 Å². The van der Waals surface area contributed by atoms with Gasteiger partial charge in [-0.3, -0.25) is 9.48 Å². The van der Waals surface area contributed by atoms with E-state index < -0.39 is 0 Å². The van der Waals surface area contributed by atoms with E-state index in [1.165, 1.54) is 0 Å². The van der Waals surface area contributed by atoms with Crippen LogP contribution in [0, 0.1) is 11.8 Å². The van der Waals surface area contributed by atoms with Crippen molar-refractivity contribution in [1.29, 1.82) is 0 Å². The smallest absolute Gasteiger partial charge is 0.243 e. The van der Waals surface area contributed by atoms with Gasteiger partial charge < -0.3 is 0 Å². The van der Waals surface area contributed by atoms with Gasteiger partial charge in [-0.25, -0.2) is 5.43 Å². The van der Waals surface area contributed by atoms with Crippen molar-refractivity contribution >= 4 is 11.6 Å². The number of hydrogen-bond donors (Lipinski definition) is 1. The van der Waals surface area contributed by atoms with Crippen LogP contribution in [0.2, 0.25) is 0 Å². The Labute approximate surface area is 87.2 Å². The molecule has 0 saturated heterocycles. The number of hydrazone groups is 1. The number of aryl methyl sites for hydroxylation is 1. The third kappa shape index (κ3) is 1.26. The molecule has 0 radical (unpaired) electrons. The summed E-state index contributed by atoms with van der Waals surface area (Å²) in [6.07, 6.45) is 4.73. The molecule has 1 N–H and O–H groups in total. The van der Waals surface area contributed by atoms with Crippen LogP contribution in [0.25, 0.3) is 0 Å². The fraction of sp³-hybridized carbons (Fsp3) is 0.500. The molecule has 1 aliphatic carbocycles. The first-order valence-electron chi connectivity index (χ1n) is 5.20. The summed E-state index contributed by atoms with van der Waals surface area (Å²) >= 11 is 0. The van der Waals surface area contributed by atoms with Crippen LogP contribution in [-0.4, -0.2) is 21.4 Å². The Morgan fingerprint density at radius 3 is 3.20 bits per heavy atom. The van der Waals surface area contributed by atoms with E-state index in [1.807, 2.05) is 24.0 Å². The number of rotatable bonds is 2. The second-order valence-corrected chi connectivity index (χ2v) is 4.01. The summed E-state index contributed by atoms with van der Waals surface area (Å²) in [4.78, 5) is 11.2. The highest BCUT2D eigenvalue weighted by atomic mass is 16.2. The molecule has 1 amide bonds. The molecule has 2 heterocycles. The number of nitrogens with one attached hydrogen (secondary N) is 1. The Balaban J connectivity index is 1.91. The second kappa shape index (κ2) is 2.92. The Kier molecular flexibility index (Phi) is 1.68. The number of hydrogen-bond acceptors (Lipinski definition) is 3. The number of carbonyl (C=O) groups is 1. The van der Waals surface area contributed by atoms with Gasteiger partial charge in [0.05, 0.1) is 11.9 Å². The predicted molar refractivity (Wildman–Crippen MR) is 54.2 cm³/mol. The minimum Gasteiger partial charge on any atom is -0.273 e. The summed E-state index contributed by atoms with van der Waals surface area (Å²) in [6.45, 7) is 2.90. The van der Waals surface area contributed by atoms with E-state index in [4.69, 9.17) is 0 Å². The molecule has 78 valence electrons. The van der Waals surface area contributed by atoms with Gasteiger partial charge in [-0.15, -0.1) is 0 Å². The van der Waals surface area contributed by atoms with Gasteiger partial charge in [0, 0.05) is 30.1 Å². The average molecular weight is 204 g/mol. The zero-order chi connectivity index (χ0) is 10.4. The van der Waals surface area contributed by atoms with Gasteiger partial charge in [0.2, 0.25) is 5.91 Å². The molecule has 5 heteroatoms. The summed E-state index contributed by atoms with van der Waals surface area (Å²) < 4.78 is 1.87. The van der Waals surface area contributed by atoms with Gasteiger partial charge in [-0.1, -0.05) is 0 Å². The molecule has 3 rings (SSSR count). The quantitative estimate of drug-likeness (QED) is 0.756. The molecule has 0 unspecified atom stereocenters. The summed E-state index contributed by atoms with van der Waals surface area (Å²) in [5, 5.41) is 8.32. The van der Waals surface area contributed by atoms with Gasteiger partial charge >= 0.3 is 0 Å². The maximum atomic E-state index is 11.2. The zero-order valence-electron chi connectivity index (χ0n) is 8.47. The van der Waals surface area contributed by atoms with Gasteiger partial charge in [-0.05, 0) is 13.3 Å². The van der Waals surface area contributed by atoms with Crippen LogP contribution in [0.4, 0.5) is 0 Å². The van der Waals surface area contributed by atoms with Crippen molar-refractivity contribution in [3.05, 3.63) is 18.0 Å². The standard InChI is InChI=1S/C10H12N4O/c1-2-14-5-6(4-11-14)9-7-3-8(7)10(15)13-12-9/h4-5,7-8H,2-3H2,1H3,(H,13,15)/t7-,8+/m1/s1. The summed E-state index contributed by atoms with van der Waals surface area (Å²) in [7, 11) is 0. The highest BCUT2D eigenvalue weighted by molar-refractivity contribution is 6.09. The number of nitrogens with zero attached hydrogens (tertiary/aromatic N) is 3. The fourth-order valence-corrected chi connectivity index (χ4v) is 2.02. The normalized spacial score (nSPS) is 28.1. The topological polar surface area (TPSA) is 59.3 Å². The van der Waals surface area contributed by atoms with Crippen molar-refractivity contribution in [2.45, 2.75) is 19.9 Å². The molecule has 0 bridgehead atoms. The van der Waals surface area contributed by atoms with Crippen molar-refractivity contribution in [1.82, 2.24) is 15.2 Å². The van der Waals surface area contributed by atoms with E-state index in [-0.39, 0.29) is 11.8 Å². The third-order valence-corrected chi connectivity index (χ3v) is 3.02. The summed E-state index contributed by atoms with van der Waals surface area (Å²) in [5.41, 5.74) is 4.58. The van der Waals surface area contributed by atoms with E-state index in [0.29, 0.717) is 5.92 Å². The van der Waals surface area contributed by atoms with Crippen molar-refractivity contribution < 1.29 is 4.79 Å².